The molecule has 32 heavy (non-hydrogen) atoms. The summed E-state index contributed by atoms with van der Waals surface area (Å²) in [5.74, 6) is -1.92. The van der Waals surface area contributed by atoms with Gasteiger partial charge in [-0.2, -0.15) is 0 Å². The highest BCUT2D eigenvalue weighted by atomic mass is 16.5. The fraction of sp³-hybridized carbons (Fsp3) is 0.565. The lowest BCUT2D eigenvalue weighted by atomic mass is 9.79. The number of nitrogens with one attached hydrogen (secondary N) is 3. The molecule has 4 aliphatic rings. The highest BCUT2D eigenvalue weighted by Crippen LogP contribution is 2.34. The third-order valence-corrected chi connectivity index (χ3v) is 7.16. The minimum absolute atomic E-state index is 0.107. The Morgan fingerprint density at radius 1 is 1.12 bits per heavy atom. The second-order valence-corrected chi connectivity index (χ2v) is 9.06. The fourth-order valence-corrected chi connectivity index (χ4v) is 5.53. The van der Waals surface area contributed by atoms with Crippen molar-refractivity contribution >= 4 is 23.6 Å². The zero-order valence-electron chi connectivity index (χ0n) is 17.9. The van der Waals surface area contributed by atoms with Crippen LogP contribution < -0.4 is 16.0 Å². The monoisotopic (exact) mass is 440 g/mol. The molecular weight excluding hydrogens is 412 g/mol. The van der Waals surface area contributed by atoms with Crippen LogP contribution in [0, 0.1) is 0 Å². The number of carbonyl (C=O) groups excluding carboxylic acids is 4. The highest BCUT2D eigenvalue weighted by Gasteiger charge is 2.46. The third-order valence-electron chi connectivity index (χ3n) is 7.16. The predicted molar refractivity (Wildman–Crippen MR) is 114 cm³/mol. The lowest BCUT2D eigenvalue weighted by Gasteiger charge is -2.47. The topological polar surface area (TPSA) is 117 Å². The third kappa shape index (κ3) is 3.54. The molecule has 3 aliphatic heterocycles. The Kier molecular flexibility index (Phi) is 5.56. The van der Waals surface area contributed by atoms with Crippen molar-refractivity contribution in [1.82, 2.24) is 20.9 Å². The van der Waals surface area contributed by atoms with Crippen LogP contribution in [-0.4, -0.2) is 65.9 Å². The summed E-state index contributed by atoms with van der Waals surface area (Å²) in [5.41, 5.74) is 1.16. The van der Waals surface area contributed by atoms with Crippen molar-refractivity contribution in [1.29, 1.82) is 0 Å². The van der Waals surface area contributed by atoms with Crippen LogP contribution in [-0.2, 0) is 20.9 Å². The van der Waals surface area contributed by atoms with Gasteiger partial charge in [-0.1, -0.05) is 25.0 Å². The number of nitrogens with zero attached hydrogens (tertiary/aromatic N) is 1. The summed E-state index contributed by atoms with van der Waals surface area (Å²) < 4.78 is 6.23. The Labute approximate surface area is 186 Å². The minimum atomic E-state index is -0.954. The predicted octanol–water partition coefficient (Wildman–Crippen LogP) is 0.479. The molecule has 1 aliphatic carbocycles. The Hall–Kier alpha value is -2.62. The van der Waals surface area contributed by atoms with Crippen LogP contribution in [0.25, 0.3) is 0 Å². The molecule has 3 heterocycles. The summed E-state index contributed by atoms with van der Waals surface area (Å²) in [6, 6.07) is 4.44. The van der Waals surface area contributed by atoms with Gasteiger partial charge in [0, 0.05) is 32.1 Å². The summed E-state index contributed by atoms with van der Waals surface area (Å²) in [6.07, 6.45) is 4.50. The molecule has 0 radical (unpaired) electrons. The molecule has 9 heteroatoms. The lowest BCUT2D eigenvalue weighted by Crippen LogP contribution is -2.62. The van der Waals surface area contributed by atoms with Gasteiger partial charge >= 0.3 is 0 Å². The van der Waals surface area contributed by atoms with Gasteiger partial charge in [-0.3, -0.25) is 29.4 Å². The molecular formula is C23H28N4O5. The molecule has 1 unspecified atom stereocenters. The second-order valence-electron chi connectivity index (χ2n) is 9.06. The van der Waals surface area contributed by atoms with E-state index in [9.17, 15) is 19.2 Å². The van der Waals surface area contributed by atoms with Crippen LogP contribution in [0.4, 0.5) is 0 Å². The Morgan fingerprint density at radius 3 is 2.78 bits per heavy atom. The summed E-state index contributed by atoms with van der Waals surface area (Å²) in [4.78, 5) is 51.1. The fourth-order valence-electron chi connectivity index (χ4n) is 5.53. The van der Waals surface area contributed by atoms with Gasteiger partial charge in [0.05, 0.1) is 23.3 Å². The summed E-state index contributed by atoms with van der Waals surface area (Å²) in [7, 11) is 0. The van der Waals surface area contributed by atoms with Crippen molar-refractivity contribution in [2.24, 2.45) is 0 Å². The van der Waals surface area contributed by atoms with Gasteiger partial charge in [0.2, 0.25) is 11.8 Å². The van der Waals surface area contributed by atoms with Crippen molar-refractivity contribution in [2.45, 2.75) is 62.8 Å². The van der Waals surface area contributed by atoms with E-state index in [0.717, 1.165) is 49.2 Å². The number of ether oxygens (including phenoxy) is 1. The first-order valence-corrected chi connectivity index (χ1v) is 11.4. The lowest BCUT2D eigenvalue weighted by molar-refractivity contribution is -0.136. The van der Waals surface area contributed by atoms with E-state index in [0.29, 0.717) is 24.3 Å². The number of fused-ring (bicyclic) bond motifs is 1. The normalized spacial score (nSPS) is 30.6. The zero-order valence-corrected chi connectivity index (χ0v) is 17.9. The molecule has 1 spiro atoms. The van der Waals surface area contributed by atoms with E-state index < -0.39 is 23.8 Å². The Bertz CT molecular complexity index is 963. The molecule has 3 N–H and O–H groups in total. The number of imide groups is 2. The molecule has 5 rings (SSSR count). The number of carbonyl (C=O) groups is 4. The van der Waals surface area contributed by atoms with E-state index in [1.807, 2.05) is 6.07 Å². The molecule has 0 bridgehead atoms. The van der Waals surface area contributed by atoms with Crippen LogP contribution in [0.1, 0.15) is 64.8 Å². The Morgan fingerprint density at radius 2 is 2.00 bits per heavy atom. The maximum atomic E-state index is 13.3. The van der Waals surface area contributed by atoms with E-state index in [-0.39, 0.29) is 30.4 Å². The first-order valence-electron chi connectivity index (χ1n) is 11.4. The second kappa shape index (κ2) is 8.38. The van der Waals surface area contributed by atoms with E-state index in [4.69, 9.17) is 4.74 Å². The van der Waals surface area contributed by atoms with E-state index in [1.54, 1.807) is 12.1 Å². The van der Waals surface area contributed by atoms with Gasteiger partial charge < -0.3 is 15.4 Å². The van der Waals surface area contributed by atoms with Crippen LogP contribution in [0.15, 0.2) is 18.2 Å². The molecule has 3 fully saturated rings. The average molecular weight is 441 g/mol. The smallest absolute Gasteiger partial charge is 0.262 e. The van der Waals surface area contributed by atoms with E-state index in [2.05, 4.69) is 16.0 Å². The molecule has 1 saturated carbocycles. The molecule has 3 atom stereocenters. The quantitative estimate of drug-likeness (QED) is 0.583. The maximum Gasteiger partial charge on any atom is 0.262 e. The van der Waals surface area contributed by atoms with Crippen LogP contribution >= 0.6 is 0 Å². The number of rotatable bonds is 4. The molecule has 4 amide bonds. The number of hydrogen-bond donors (Lipinski definition) is 3. The average Bonchev–Trinajstić information content (AvgIpc) is 3.05. The van der Waals surface area contributed by atoms with Gasteiger partial charge in [0.15, 0.2) is 0 Å². The first-order chi connectivity index (χ1) is 15.5. The number of hydrogen-bond acceptors (Lipinski definition) is 7. The molecule has 2 saturated heterocycles. The molecule has 1 aromatic rings. The van der Waals surface area contributed by atoms with Crippen molar-refractivity contribution in [3.05, 3.63) is 34.9 Å². The van der Waals surface area contributed by atoms with Gasteiger partial charge in [-0.15, -0.1) is 0 Å². The molecule has 0 aromatic heterocycles. The van der Waals surface area contributed by atoms with Crippen LogP contribution in [0.2, 0.25) is 0 Å². The van der Waals surface area contributed by atoms with Crippen LogP contribution in [0.3, 0.4) is 0 Å². The number of morpholine rings is 1. The number of amides is 4. The summed E-state index contributed by atoms with van der Waals surface area (Å²) in [6.45, 7) is 2.78. The maximum absolute atomic E-state index is 13.3. The summed E-state index contributed by atoms with van der Waals surface area (Å²) in [5, 5.41) is 9.28. The van der Waals surface area contributed by atoms with Gasteiger partial charge in [0.25, 0.3) is 11.8 Å². The minimum Gasteiger partial charge on any atom is -0.371 e. The number of piperidine rings is 1. The molecule has 9 nitrogen and oxygen atoms in total. The van der Waals surface area contributed by atoms with Crippen molar-refractivity contribution in [3.63, 3.8) is 0 Å². The van der Waals surface area contributed by atoms with Crippen molar-refractivity contribution in [3.8, 4) is 0 Å². The van der Waals surface area contributed by atoms with E-state index in [1.165, 1.54) is 0 Å². The molecule has 1 aromatic carbocycles. The van der Waals surface area contributed by atoms with Crippen LogP contribution in [0.5, 0.6) is 0 Å². The zero-order chi connectivity index (χ0) is 22.3. The Balaban J connectivity index is 1.36. The first kappa shape index (κ1) is 21.2. The van der Waals surface area contributed by atoms with Gasteiger partial charge in [0.1, 0.15) is 6.04 Å². The molecule has 170 valence electrons. The van der Waals surface area contributed by atoms with E-state index >= 15 is 0 Å². The summed E-state index contributed by atoms with van der Waals surface area (Å²) >= 11 is 0. The largest absolute Gasteiger partial charge is 0.371 e. The van der Waals surface area contributed by atoms with Crippen molar-refractivity contribution in [2.75, 3.05) is 19.7 Å². The van der Waals surface area contributed by atoms with Gasteiger partial charge in [-0.05, 0) is 30.9 Å². The standard InChI is InChI=1S/C23H28N4O5/c28-18-8-7-16(20(29)26-18)27-21(30)15-5-3-4-14(19(15)22(27)31)12-25-17-6-1-2-9-23(17)13-24-10-11-32-23/h3-5,16-17,24-25H,1-2,6-13H2,(H,26,28,29)/t16?,17-,23+/m1/s1. The SMILES string of the molecule is O=C1CCC(N2C(=O)c3cccc(CN[C@@H]4CCCC[C@]45CNCCO5)c3C2=O)C(=O)N1. The van der Waals surface area contributed by atoms with Crippen molar-refractivity contribution < 1.29 is 23.9 Å². The number of benzene rings is 1. The highest BCUT2D eigenvalue weighted by molar-refractivity contribution is 6.24. The van der Waals surface area contributed by atoms with Gasteiger partial charge in [-0.25, -0.2) is 0 Å².